The van der Waals surface area contributed by atoms with E-state index in [2.05, 4.69) is 4.52 Å². The zero-order valence-corrected chi connectivity index (χ0v) is 11.2. The predicted octanol–water partition coefficient (Wildman–Crippen LogP) is 4.59. The van der Waals surface area contributed by atoms with Crippen LogP contribution in [0.5, 0.6) is 0 Å². The molecule has 1 saturated heterocycles. The van der Waals surface area contributed by atoms with Gasteiger partial charge in [-0.25, -0.2) is 0 Å². The third-order valence-electron chi connectivity index (χ3n) is 2.82. The summed E-state index contributed by atoms with van der Waals surface area (Å²) >= 11 is 0. The van der Waals surface area contributed by atoms with Crippen LogP contribution < -0.4 is 0 Å². The summed E-state index contributed by atoms with van der Waals surface area (Å²) in [7, 11) is -2.90. The van der Waals surface area contributed by atoms with E-state index in [0.717, 1.165) is 0 Å². The average Bonchev–Trinajstić information content (AvgIpc) is 2.36. The Bertz CT molecular complexity index is 522. The van der Waals surface area contributed by atoms with E-state index in [1.54, 1.807) is 0 Å². The minimum absolute atomic E-state index is 0.0228. The lowest BCUT2D eigenvalue weighted by Crippen LogP contribution is -2.15. The van der Waals surface area contributed by atoms with Crippen molar-refractivity contribution < 1.29 is 40.0 Å². The zero-order chi connectivity index (χ0) is 15.8. The second-order valence-corrected chi connectivity index (χ2v) is 5.36. The van der Waals surface area contributed by atoms with Crippen molar-refractivity contribution in [3.8, 4) is 0 Å². The Labute approximate surface area is 115 Å². The summed E-state index contributed by atoms with van der Waals surface area (Å²) in [5, 5.41) is 0. The molecular formula is C11H9F6O3P. The second-order valence-electron chi connectivity index (χ2n) is 4.33. The highest BCUT2D eigenvalue weighted by Gasteiger charge is 2.38. The molecule has 0 aliphatic carbocycles. The Balaban J connectivity index is 2.47. The Morgan fingerprint density at radius 1 is 1.00 bits per heavy atom. The molecule has 1 aliphatic rings. The van der Waals surface area contributed by atoms with Crippen molar-refractivity contribution in [2.24, 2.45) is 0 Å². The molecular weight excluding hydrogens is 325 g/mol. The number of halogens is 6. The highest BCUT2D eigenvalue weighted by atomic mass is 31.1. The monoisotopic (exact) mass is 334 g/mol. The Morgan fingerprint density at radius 3 is 1.95 bits per heavy atom. The first-order valence-electron chi connectivity index (χ1n) is 5.70. The Morgan fingerprint density at radius 2 is 1.52 bits per heavy atom. The van der Waals surface area contributed by atoms with Crippen LogP contribution in [0.4, 0.5) is 26.3 Å². The van der Waals surface area contributed by atoms with E-state index in [-0.39, 0.29) is 24.7 Å². The molecule has 3 nitrogen and oxygen atoms in total. The lowest BCUT2D eigenvalue weighted by atomic mass is 9.99. The van der Waals surface area contributed by atoms with Gasteiger partial charge in [-0.1, -0.05) is 0 Å². The lowest BCUT2D eigenvalue weighted by Gasteiger charge is -2.24. The van der Waals surface area contributed by atoms with Crippen LogP contribution in [0.25, 0.3) is 0 Å². The van der Waals surface area contributed by atoms with Crippen LogP contribution in [0.3, 0.4) is 0 Å². The number of hydrogen-bond acceptors (Lipinski definition) is 3. The molecule has 1 aromatic rings. The molecule has 1 aromatic carbocycles. The van der Waals surface area contributed by atoms with E-state index in [4.69, 9.17) is 4.52 Å². The molecule has 0 aromatic heterocycles. The van der Waals surface area contributed by atoms with E-state index in [0.29, 0.717) is 12.1 Å². The summed E-state index contributed by atoms with van der Waals surface area (Å²) in [5.74, 6) is 0. The van der Waals surface area contributed by atoms with Gasteiger partial charge in [0.15, 0.2) is 0 Å². The van der Waals surface area contributed by atoms with Gasteiger partial charge in [0.1, 0.15) is 0 Å². The maximum absolute atomic E-state index is 12.7. The SMILES string of the molecule is O=[PH]1OCC[C@@H](c2cc(C(F)(F)F)cc(C(F)(F)F)c2)O1. The van der Waals surface area contributed by atoms with E-state index in [1.807, 2.05) is 0 Å². The van der Waals surface area contributed by atoms with Gasteiger partial charge in [-0.15, -0.1) is 0 Å². The minimum Gasteiger partial charge on any atom is -0.311 e. The number of rotatable bonds is 1. The van der Waals surface area contributed by atoms with Crippen LogP contribution in [-0.2, 0) is 26.0 Å². The fourth-order valence-electron chi connectivity index (χ4n) is 1.86. The maximum atomic E-state index is 12.7. The normalized spacial score (nSPS) is 24.1. The van der Waals surface area contributed by atoms with E-state index in [1.165, 1.54) is 0 Å². The molecule has 0 saturated carbocycles. The highest BCUT2D eigenvalue weighted by Crippen LogP contribution is 2.43. The first-order chi connectivity index (χ1) is 9.57. The van der Waals surface area contributed by atoms with E-state index < -0.39 is 37.8 Å². The van der Waals surface area contributed by atoms with Crippen molar-refractivity contribution >= 4 is 8.25 Å². The summed E-state index contributed by atoms with van der Waals surface area (Å²) in [6.45, 7) is -0.0555. The molecule has 1 aliphatic heterocycles. The van der Waals surface area contributed by atoms with Crippen LogP contribution in [0, 0.1) is 0 Å². The number of hydrogen-bond donors (Lipinski definition) is 0. The fraction of sp³-hybridized carbons (Fsp3) is 0.455. The van der Waals surface area contributed by atoms with Crippen molar-refractivity contribution in [2.45, 2.75) is 24.9 Å². The molecule has 1 fully saturated rings. The molecule has 0 amide bonds. The van der Waals surface area contributed by atoms with Crippen LogP contribution in [0.15, 0.2) is 18.2 Å². The lowest BCUT2D eigenvalue weighted by molar-refractivity contribution is -0.143. The molecule has 1 heterocycles. The molecule has 0 N–H and O–H groups in total. The molecule has 2 rings (SSSR count). The largest absolute Gasteiger partial charge is 0.416 e. The van der Waals surface area contributed by atoms with Gasteiger partial charge in [0.2, 0.25) is 0 Å². The van der Waals surface area contributed by atoms with Gasteiger partial charge in [-0.05, 0) is 23.8 Å². The van der Waals surface area contributed by atoms with Crippen LogP contribution >= 0.6 is 8.25 Å². The third kappa shape index (κ3) is 3.99. The maximum Gasteiger partial charge on any atom is 0.416 e. The molecule has 0 radical (unpaired) electrons. The molecule has 1 unspecified atom stereocenters. The van der Waals surface area contributed by atoms with Gasteiger partial charge >= 0.3 is 20.6 Å². The van der Waals surface area contributed by atoms with Crippen molar-refractivity contribution in [3.63, 3.8) is 0 Å². The van der Waals surface area contributed by atoms with Crippen LogP contribution in [-0.4, -0.2) is 6.61 Å². The molecule has 2 atom stereocenters. The quantitative estimate of drug-likeness (QED) is 0.557. The van der Waals surface area contributed by atoms with E-state index in [9.17, 15) is 30.9 Å². The van der Waals surface area contributed by atoms with Crippen LogP contribution in [0.2, 0.25) is 0 Å². The zero-order valence-electron chi connectivity index (χ0n) is 10.2. The van der Waals surface area contributed by atoms with Gasteiger partial charge in [0.05, 0.1) is 23.8 Å². The summed E-state index contributed by atoms with van der Waals surface area (Å²) in [6.07, 6.45) is -10.9. The van der Waals surface area contributed by atoms with Crippen molar-refractivity contribution in [3.05, 3.63) is 34.9 Å². The Kier molecular flexibility index (Phi) is 4.37. The topological polar surface area (TPSA) is 35.5 Å². The first kappa shape index (κ1) is 16.3. The van der Waals surface area contributed by atoms with Gasteiger partial charge < -0.3 is 9.05 Å². The van der Waals surface area contributed by atoms with Crippen LogP contribution in [0.1, 0.15) is 29.2 Å². The standard InChI is InChI=1S/C11H9F6O3P/c12-10(13,14)7-3-6(4-8(5-7)11(15,16)17)9-1-2-19-21(18)20-9/h3-5,9,21H,1-2H2/t9-/m0/s1. The van der Waals surface area contributed by atoms with Gasteiger partial charge in [-0.3, -0.25) is 4.57 Å². The number of alkyl halides is 6. The summed E-state index contributed by atoms with van der Waals surface area (Å²) in [6, 6.07) is 1.17. The summed E-state index contributed by atoms with van der Waals surface area (Å²) < 4.78 is 96.7. The average molecular weight is 334 g/mol. The van der Waals surface area contributed by atoms with Gasteiger partial charge in [0, 0.05) is 6.42 Å². The smallest absolute Gasteiger partial charge is 0.311 e. The van der Waals surface area contributed by atoms with E-state index >= 15 is 0 Å². The summed E-state index contributed by atoms with van der Waals surface area (Å²) in [4.78, 5) is 0. The third-order valence-corrected chi connectivity index (χ3v) is 3.74. The molecule has 118 valence electrons. The molecule has 0 bridgehead atoms. The summed E-state index contributed by atoms with van der Waals surface area (Å²) in [5.41, 5.74) is -3.18. The predicted molar refractivity (Wildman–Crippen MR) is 59.8 cm³/mol. The fourth-order valence-corrected chi connectivity index (χ4v) is 2.70. The van der Waals surface area contributed by atoms with Gasteiger partial charge in [-0.2, -0.15) is 26.3 Å². The molecule has 10 heteroatoms. The molecule has 0 spiro atoms. The Hall–Kier alpha value is -1.05. The minimum atomic E-state index is -4.92. The van der Waals surface area contributed by atoms with Crippen molar-refractivity contribution in [1.29, 1.82) is 0 Å². The number of benzene rings is 1. The van der Waals surface area contributed by atoms with Gasteiger partial charge in [0.25, 0.3) is 0 Å². The molecule has 21 heavy (non-hydrogen) atoms. The second kappa shape index (κ2) is 5.62. The van der Waals surface area contributed by atoms with Crippen molar-refractivity contribution in [2.75, 3.05) is 6.61 Å². The highest BCUT2D eigenvalue weighted by molar-refractivity contribution is 7.33. The first-order valence-corrected chi connectivity index (χ1v) is 6.92. The van der Waals surface area contributed by atoms with Crippen molar-refractivity contribution in [1.82, 2.24) is 0 Å².